The molecule has 0 aliphatic carbocycles. The first-order valence-electron chi connectivity index (χ1n) is 13.4. The van der Waals surface area contributed by atoms with Crippen LogP contribution in [-0.4, -0.2) is 40.0 Å². The quantitative estimate of drug-likeness (QED) is 0.195. The molecule has 0 spiro atoms. The molecule has 0 atom stereocenters. The fraction of sp³-hybridized carbons (Fsp3) is 0.312. The molecule has 0 unspecified atom stereocenters. The summed E-state index contributed by atoms with van der Waals surface area (Å²) < 4.78 is 14.7. The third-order valence-electron chi connectivity index (χ3n) is 5.91. The monoisotopic (exact) mass is 606 g/mol. The Balaban J connectivity index is 0.00000216. The molecule has 1 aromatic heterocycles. The van der Waals surface area contributed by atoms with Crippen molar-refractivity contribution in [1.82, 2.24) is 9.78 Å². The summed E-state index contributed by atoms with van der Waals surface area (Å²) >= 11 is 3.47. The van der Waals surface area contributed by atoms with Crippen molar-refractivity contribution in [3.63, 3.8) is 0 Å². The molecule has 4 aromatic rings. The number of nitrogens with zero attached hydrogens (tertiary/aromatic N) is 2. The average Bonchev–Trinajstić information content (AvgIpc) is 3.41. The number of hydrogen-bond acceptors (Lipinski definition) is 5. The van der Waals surface area contributed by atoms with E-state index in [1.165, 1.54) is 0 Å². The first kappa shape index (κ1) is 31.1. The number of rotatable bonds is 10. The lowest BCUT2D eigenvalue weighted by Crippen LogP contribution is -2.42. The van der Waals surface area contributed by atoms with Gasteiger partial charge in [-0.3, -0.25) is 4.79 Å². The van der Waals surface area contributed by atoms with Crippen molar-refractivity contribution in [1.29, 1.82) is 0 Å². The van der Waals surface area contributed by atoms with E-state index in [0.29, 0.717) is 35.8 Å². The number of nitrogens with one attached hydrogen (secondary N) is 1. The number of carbonyl (C=O) groups is 1. The maximum Gasteiger partial charge on any atom is 0.259 e. The van der Waals surface area contributed by atoms with Crippen molar-refractivity contribution >= 4 is 27.5 Å². The molecule has 40 heavy (non-hydrogen) atoms. The van der Waals surface area contributed by atoms with Gasteiger partial charge in [0.25, 0.3) is 5.91 Å². The molecule has 0 fully saturated rings. The Kier molecular flexibility index (Phi) is 10.7. The molecule has 0 saturated heterocycles. The van der Waals surface area contributed by atoms with Gasteiger partial charge in [0, 0.05) is 28.5 Å². The number of halogens is 1. The molecule has 0 aliphatic heterocycles. The van der Waals surface area contributed by atoms with Gasteiger partial charge in [0.2, 0.25) is 0 Å². The van der Waals surface area contributed by atoms with Crippen LogP contribution in [0.15, 0.2) is 89.5 Å². The van der Waals surface area contributed by atoms with Crippen molar-refractivity contribution < 1.29 is 14.3 Å². The summed E-state index contributed by atoms with van der Waals surface area (Å²) in [6.45, 7) is 12.6. The van der Waals surface area contributed by atoms with E-state index in [1.54, 1.807) is 10.9 Å². The predicted molar refractivity (Wildman–Crippen MR) is 166 cm³/mol. The minimum absolute atomic E-state index is 0.253. The third kappa shape index (κ3) is 8.52. The molecule has 8 heteroatoms. The second-order valence-electron chi connectivity index (χ2n) is 10.3. The molecular formula is C32H39BrN4O3. The number of ether oxygens (including phenoxy) is 2. The van der Waals surface area contributed by atoms with E-state index in [1.807, 2.05) is 120 Å². The van der Waals surface area contributed by atoms with Crippen molar-refractivity contribution in [3.05, 3.63) is 95.1 Å². The molecule has 4 rings (SSSR count). The Hall–Kier alpha value is -3.46. The summed E-state index contributed by atoms with van der Waals surface area (Å²) in [4.78, 5) is 13.4. The van der Waals surface area contributed by atoms with Crippen molar-refractivity contribution in [2.75, 3.05) is 18.5 Å². The molecule has 0 radical (unpaired) electrons. The summed E-state index contributed by atoms with van der Waals surface area (Å²) in [5.41, 5.74) is 8.22. The van der Waals surface area contributed by atoms with Gasteiger partial charge in [0.05, 0.1) is 23.5 Å². The number of carbonyl (C=O) groups excluding carboxylic acids is 1. The number of anilines is 1. The highest BCUT2D eigenvalue weighted by atomic mass is 79.9. The summed E-state index contributed by atoms with van der Waals surface area (Å²) in [6, 6.07) is 24.7. The lowest BCUT2D eigenvalue weighted by molar-refractivity contribution is -0.0764. The first-order valence-corrected chi connectivity index (χ1v) is 14.2. The van der Waals surface area contributed by atoms with E-state index in [9.17, 15) is 4.79 Å². The van der Waals surface area contributed by atoms with Crippen molar-refractivity contribution in [3.8, 4) is 22.7 Å². The molecule has 212 valence electrons. The fourth-order valence-corrected chi connectivity index (χ4v) is 3.92. The lowest BCUT2D eigenvalue weighted by atomic mass is 10.1. The van der Waals surface area contributed by atoms with E-state index >= 15 is 0 Å². The van der Waals surface area contributed by atoms with Crippen LogP contribution in [0.1, 0.15) is 51.9 Å². The van der Waals surface area contributed by atoms with E-state index < -0.39 is 11.2 Å². The fourth-order valence-electron chi connectivity index (χ4n) is 3.66. The molecule has 7 nitrogen and oxygen atoms in total. The molecule has 1 heterocycles. The van der Waals surface area contributed by atoms with Gasteiger partial charge in [-0.25, -0.2) is 4.68 Å². The number of benzene rings is 3. The molecule has 0 aliphatic rings. The second-order valence-corrected chi connectivity index (χ2v) is 11.2. The second kappa shape index (κ2) is 13.7. The van der Waals surface area contributed by atoms with Gasteiger partial charge in [-0.2, -0.15) is 5.10 Å². The van der Waals surface area contributed by atoms with E-state index in [2.05, 4.69) is 21.2 Å². The predicted octanol–water partition coefficient (Wildman–Crippen LogP) is 7.49. The minimum Gasteiger partial charge on any atom is -0.485 e. The lowest BCUT2D eigenvalue weighted by Gasteiger charge is -2.31. The third-order valence-corrected chi connectivity index (χ3v) is 6.43. The molecule has 3 N–H and O–H groups in total. The standard InChI is InChI=1S/C30H33BrN4O3.C2H6/c1-29(2,19-32)37-20-30(3,4)38-25-16-14-23(15-17-25)33-28(36)26-18-35(24-8-6-5-7-9-24)34-27(26)21-10-12-22(31)13-11-21;1-2/h5-18H,19-20,32H2,1-4H3,(H,33,36);1-2H3. The van der Waals surface area contributed by atoms with Crippen LogP contribution < -0.4 is 15.8 Å². The van der Waals surface area contributed by atoms with Crippen LogP contribution in [0.25, 0.3) is 16.9 Å². The molecule has 0 bridgehead atoms. The van der Waals surface area contributed by atoms with Crippen LogP contribution in [0.3, 0.4) is 0 Å². The first-order chi connectivity index (χ1) is 19.0. The smallest absolute Gasteiger partial charge is 0.259 e. The van der Waals surface area contributed by atoms with Gasteiger partial charge in [-0.1, -0.05) is 60.1 Å². The highest BCUT2D eigenvalue weighted by Gasteiger charge is 2.26. The summed E-state index contributed by atoms with van der Waals surface area (Å²) in [5, 5.41) is 7.73. The SMILES string of the molecule is CC.CC(C)(CN)OCC(C)(C)Oc1ccc(NC(=O)c2cn(-c3ccccc3)nc2-c2ccc(Br)cc2)cc1. The van der Waals surface area contributed by atoms with E-state index in [-0.39, 0.29) is 5.91 Å². The van der Waals surface area contributed by atoms with Crippen LogP contribution >= 0.6 is 15.9 Å². The zero-order valence-corrected chi connectivity index (χ0v) is 25.7. The average molecular weight is 608 g/mol. The van der Waals surface area contributed by atoms with Crippen LogP contribution in [0.5, 0.6) is 5.75 Å². The number of para-hydroxylation sites is 1. The van der Waals surface area contributed by atoms with Crippen LogP contribution in [0.4, 0.5) is 5.69 Å². The summed E-state index contributed by atoms with van der Waals surface area (Å²) in [7, 11) is 0. The Morgan fingerprint density at radius 3 is 2.15 bits per heavy atom. The van der Waals surface area contributed by atoms with Crippen molar-refractivity contribution in [2.45, 2.75) is 52.7 Å². The Bertz CT molecular complexity index is 1370. The minimum atomic E-state index is -0.553. The van der Waals surface area contributed by atoms with Gasteiger partial charge in [-0.05, 0) is 76.2 Å². The summed E-state index contributed by atoms with van der Waals surface area (Å²) in [6.07, 6.45) is 1.75. The zero-order chi connectivity index (χ0) is 29.3. The van der Waals surface area contributed by atoms with Crippen molar-refractivity contribution in [2.24, 2.45) is 5.73 Å². The van der Waals surface area contributed by atoms with Gasteiger partial charge in [0.15, 0.2) is 0 Å². The van der Waals surface area contributed by atoms with Gasteiger partial charge < -0.3 is 20.5 Å². The summed E-state index contributed by atoms with van der Waals surface area (Å²) in [5.74, 6) is 0.422. The highest BCUT2D eigenvalue weighted by molar-refractivity contribution is 9.10. The normalized spacial score (nSPS) is 11.4. The van der Waals surface area contributed by atoms with Gasteiger partial charge in [-0.15, -0.1) is 0 Å². The van der Waals surface area contributed by atoms with E-state index in [0.717, 1.165) is 15.7 Å². The maximum absolute atomic E-state index is 13.4. The largest absolute Gasteiger partial charge is 0.485 e. The molecule has 3 aromatic carbocycles. The topological polar surface area (TPSA) is 91.4 Å². The number of amides is 1. The molecule has 1 amide bonds. The number of nitrogens with two attached hydrogens (primary N) is 1. The molecule has 0 saturated carbocycles. The van der Waals surface area contributed by atoms with Crippen LogP contribution in [0.2, 0.25) is 0 Å². The van der Waals surface area contributed by atoms with Crippen LogP contribution in [0, 0.1) is 0 Å². The highest BCUT2D eigenvalue weighted by Crippen LogP contribution is 2.27. The van der Waals surface area contributed by atoms with E-state index in [4.69, 9.17) is 20.3 Å². The maximum atomic E-state index is 13.4. The Morgan fingerprint density at radius 2 is 1.55 bits per heavy atom. The van der Waals surface area contributed by atoms with Gasteiger partial charge in [0.1, 0.15) is 17.0 Å². The molecular weight excluding hydrogens is 568 g/mol. The van der Waals surface area contributed by atoms with Crippen LogP contribution in [-0.2, 0) is 4.74 Å². The zero-order valence-electron chi connectivity index (χ0n) is 24.1. The number of hydrogen-bond donors (Lipinski definition) is 2. The number of aromatic nitrogens is 2. The van der Waals surface area contributed by atoms with Gasteiger partial charge >= 0.3 is 0 Å². The Labute approximate surface area is 245 Å². The Morgan fingerprint density at radius 1 is 0.925 bits per heavy atom.